The highest BCUT2D eigenvalue weighted by Crippen LogP contribution is 2.17. The van der Waals surface area contributed by atoms with E-state index in [2.05, 4.69) is 29.1 Å². The van der Waals surface area contributed by atoms with Crippen molar-refractivity contribution >= 4 is 5.65 Å². The fraction of sp³-hybridized carbons (Fsp3) is 0.0769. The maximum atomic E-state index is 4.48. The maximum absolute atomic E-state index is 4.48. The van der Waals surface area contributed by atoms with Gasteiger partial charge >= 0.3 is 0 Å². The Balaban J connectivity index is 2.19. The summed E-state index contributed by atoms with van der Waals surface area (Å²) in [5.74, 6) is 0.773. The SMILES string of the molecule is Cc1cccc(-c2nc3ccccn3n2)c1. The van der Waals surface area contributed by atoms with Crippen LogP contribution in [0.3, 0.4) is 0 Å². The molecule has 78 valence electrons. The molecule has 3 rings (SSSR count). The van der Waals surface area contributed by atoms with Crippen molar-refractivity contribution in [1.82, 2.24) is 14.6 Å². The van der Waals surface area contributed by atoms with E-state index in [1.54, 1.807) is 4.52 Å². The zero-order chi connectivity index (χ0) is 11.0. The molecular weight excluding hydrogens is 198 g/mol. The molecule has 0 radical (unpaired) electrons. The molecule has 0 N–H and O–H groups in total. The van der Waals surface area contributed by atoms with Gasteiger partial charge in [0.1, 0.15) is 0 Å². The average molecular weight is 209 g/mol. The van der Waals surface area contributed by atoms with Crippen LogP contribution < -0.4 is 0 Å². The van der Waals surface area contributed by atoms with Gasteiger partial charge in [0, 0.05) is 11.8 Å². The first-order valence-electron chi connectivity index (χ1n) is 5.21. The van der Waals surface area contributed by atoms with Crippen molar-refractivity contribution in [2.45, 2.75) is 6.92 Å². The number of benzene rings is 1. The number of hydrogen-bond donors (Lipinski definition) is 0. The Morgan fingerprint density at radius 2 is 2.00 bits per heavy atom. The summed E-state index contributed by atoms with van der Waals surface area (Å²) in [5.41, 5.74) is 3.15. The number of aromatic nitrogens is 3. The summed E-state index contributed by atoms with van der Waals surface area (Å²) in [6.45, 7) is 2.07. The molecule has 0 fully saturated rings. The van der Waals surface area contributed by atoms with Crippen LogP contribution in [0.15, 0.2) is 48.7 Å². The lowest BCUT2D eigenvalue weighted by Crippen LogP contribution is -1.85. The van der Waals surface area contributed by atoms with Crippen LogP contribution in [0, 0.1) is 6.92 Å². The van der Waals surface area contributed by atoms with Crippen molar-refractivity contribution in [1.29, 1.82) is 0 Å². The van der Waals surface area contributed by atoms with Crippen LogP contribution in [0.1, 0.15) is 5.56 Å². The van der Waals surface area contributed by atoms with Crippen LogP contribution >= 0.6 is 0 Å². The molecule has 0 unspecified atom stereocenters. The van der Waals surface area contributed by atoms with Gasteiger partial charge in [0.15, 0.2) is 11.5 Å². The molecule has 0 saturated carbocycles. The van der Waals surface area contributed by atoms with E-state index in [1.165, 1.54) is 5.56 Å². The maximum Gasteiger partial charge on any atom is 0.182 e. The molecule has 3 heteroatoms. The second-order valence-electron chi connectivity index (χ2n) is 3.81. The summed E-state index contributed by atoms with van der Waals surface area (Å²) < 4.78 is 1.79. The molecule has 0 spiro atoms. The zero-order valence-corrected chi connectivity index (χ0v) is 8.96. The molecule has 0 aliphatic rings. The highest BCUT2D eigenvalue weighted by atomic mass is 15.3. The van der Waals surface area contributed by atoms with Crippen LogP contribution in [0.2, 0.25) is 0 Å². The van der Waals surface area contributed by atoms with Crippen LogP contribution in [0.25, 0.3) is 17.0 Å². The standard InChI is InChI=1S/C13H11N3/c1-10-5-4-6-11(9-10)13-14-12-7-2-3-8-16(12)15-13/h2-9H,1H3. The van der Waals surface area contributed by atoms with Gasteiger partial charge < -0.3 is 0 Å². The quantitative estimate of drug-likeness (QED) is 0.616. The van der Waals surface area contributed by atoms with E-state index in [9.17, 15) is 0 Å². The lowest BCUT2D eigenvalue weighted by atomic mass is 10.1. The van der Waals surface area contributed by atoms with Crippen molar-refractivity contribution in [2.24, 2.45) is 0 Å². The number of pyridine rings is 1. The smallest absolute Gasteiger partial charge is 0.182 e. The predicted molar refractivity (Wildman–Crippen MR) is 63.2 cm³/mol. The fourth-order valence-corrected chi connectivity index (χ4v) is 1.74. The Morgan fingerprint density at radius 3 is 2.81 bits per heavy atom. The molecule has 0 saturated heterocycles. The summed E-state index contributed by atoms with van der Waals surface area (Å²) in [7, 11) is 0. The van der Waals surface area contributed by atoms with Crippen molar-refractivity contribution in [3.8, 4) is 11.4 Å². The average Bonchev–Trinajstić information content (AvgIpc) is 2.72. The van der Waals surface area contributed by atoms with E-state index in [0.29, 0.717) is 0 Å². The normalized spacial score (nSPS) is 10.8. The lowest BCUT2D eigenvalue weighted by Gasteiger charge is -1.95. The van der Waals surface area contributed by atoms with Crippen molar-refractivity contribution in [2.75, 3.05) is 0 Å². The van der Waals surface area contributed by atoms with Crippen LogP contribution in [-0.2, 0) is 0 Å². The molecule has 3 aromatic rings. The van der Waals surface area contributed by atoms with Crippen LogP contribution in [0.5, 0.6) is 0 Å². The Labute approximate surface area is 93.4 Å². The van der Waals surface area contributed by atoms with Gasteiger partial charge in [-0.1, -0.05) is 29.8 Å². The van der Waals surface area contributed by atoms with Crippen LogP contribution in [0.4, 0.5) is 0 Å². The third-order valence-corrected chi connectivity index (χ3v) is 2.52. The van der Waals surface area contributed by atoms with E-state index in [-0.39, 0.29) is 0 Å². The van der Waals surface area contributed by atoms with Gasteiger partial charge in [-0.2, -0.15) is 0 Å². The summed E-state index contributed by atoms with van der Waals surface area (Å²) in [6.07, 6.45) is 1.90. The summed E-state index contributed by atoms with van der Waals surface area (Å²) in [5, 5.41) is 4.43. The topological polar surface area (TPSA) is 30.2 Å². The van der Waals surface area contributed by atoms with Gasteiger partial charge in [0.2, 0.25) is 0 Å². The molecule has 0 amide bonds. The Morgan fingerprint density at radius 1 is 1.06 bits per heavy atom. The molecule has 0 aliphatic heterocycles. The highest BCUT2D eigenvalue weighted by Gasteiger charge is 2.04. The molecule has 2 heterocycles. The van der Waals surface area contributed by atoms with Gasteiger partial charge in [-0.3, -0.25) is 0 Å². The summed E-state index contributed by atoms with van der Waals surface area (Å²) in [4.78, 5) is 4.48. The van der Waals surface area contributed by atoms with Gasteiger partial charge in [-0.25, -0.2) is 9.50 Å². The number of rotatable bonds is 1. The van der Waals surface area contributed by atoms with Gasteiger partial charge in [0.25, 0.3) is 0 Å². The number of hydrogen-bond acceptors (Lipinski definition) is 2. The van der Waals surface area contributed by atoms with Crippen molar-refractivity contribution in [3.63, 3.8) is 0 Å². The van der Waals surface area contributed by atoms with Gasteiger partial charge in [-0.05, 0) is 25.1 Å². The second kappa shape index (κ2) is 3.45. The third-order valence-electron chi connectivity index (χ3n) is 2.52. The fourth-order valence-electron chi connectivity index (χ4n) is 1.74. The molecule has 0 aliphatic carbocycles. The minimum atomic E-state index is 0.773. The Bertz CT molecular complexity index is 607. The third kappa shape index (κ3) is 1.46. The number of nitrogens with zero attached hydrogens (tertiary/aromatic N) is 3. The number of fused-ring (bicyclic) bond motifs is 1. The molecule has 16 heavy (non-hydrogen) atoms. The molecule has 0 atom stereocenters. The summed E-state index contributed by atoms with van der Waals surface area (Å²) >= 11 is 0. The highest BCUT2D eigenvalue weighted by molar-refractivity contribution is 5.58. The van der Waals surface area contributed by atoms with Crippen molar-refractivity contribution < 1.29 is 0 Å². The van der Waals surface area contributed by atoms with E-state index in [0.717, 1.165) is 17.0 Å². The second-order valence-corrected chi connectivity index (χ2v) is 3.81. The Hall–Kier alpha value is -2.16. The van der Waals surface area contributed by atoms with Crippen molar-refractivity contribution in [3.05, 3.63) is 54.2 Å². The van der Waals surface area contributed by atoms with Gasteiger partial charge in [0.05, 0.1) is 0 Å². The largest absolute Gasteiger partial charge is 0.221 e. The van der Waals surface area contributed by atoms with E-state index >= 15 is 0 Å². The molecule has 3 nitrogen and oxygen atoms in total. The van der Waals surface area contributed by atoms with E-state index in [1.807, 2.05) is 36.5 Å². The van der Waals surface area contributed by atoms with Crippen LogP contribution in [-0.4, -0.2) is 14.6 Å². The first-order chi connectivity index (χ1) is 7.83. The number of aryl methyl sites for hydroxylation is 1. The molecule has 1 aromatic carbocycles. The van der Waals surface area contributed by atoms with E-state index in [4.69, 9.17) is 0 Å². The first-order valence-corrected chi connectivity index (χ1v) is 5.21. The molecular formula is C13H11N3. The van der Waals surface area contributed by atoms with E-state index < -0.39 is 0 Å². The molecule has 2 aromatic heterocycles. The minimum absolute atomic E-state index is 0.773. The molecule has 0 bridgehead atoms. The Kier molecular flexibility index (Phi) is 1.96. The summed E-state index contributed by atoms with van der Waals surface area (Å²) in [6, 6.07) is 14.1. The zero-order valence-electron chi connectivity index (χ0n) is 8.96. The monoisotopic (exact) mass is 209 g/mol. The lowest BCUT2D eigenvalue weighted by molar-refractivity contribution is 0.965. The predicted octanol–water partition coefficient (Wildman–Crippen LogP) is 2.70. The minimum Gasteiger partial charge on any atom is -0.221 e. The first kappa shape index (κ1) is 9.09. The van der Waals surface area contributed by atoms with Gasteiger partial charge in [-0.15, -0.1) is 5.10 Å².